The van der Waals surface area contributed by atoms with Gasteiger partial charge in [-0.2, -0.15) is 11.8 Å². The molecule has 4 unspecified atom stereocenters. The van der Waals surface area contributed by atoms with Crippen LogP contribution in [-0.4, -0.2) is 76.6 Å². The van der Waals surface area contributed by atoms with Crippen molar-refractivity contribution in [3.8, 4) is 0 Å². The quantitative estimate of drug-likeness (QED) is 0.185. The lowest BCUT2D eigenvalue weighted by atomic mass is 9.99. The minimum atomic E-state index is -1.26. The lowest BCUT2D eigenvalue weighted by Crippen LogP contribution is -2.54. The fraction of sp³-hybridized carbons (Fsp3) is 0.722. The van der Waals surface area contributed by atoms with Crippen LogP contribution in [0, 0.1) is 5.92 Å². The number of thioether (sulfide) groups is 1. The molecule has 3 amide bonds. The van der Waals surface area contributed by atoms with Crippen LogP contribution in [0.25, 0.3) is 0 Å². The minimum absolute atomic E-state index is 0.0867. The van der Waals surface area contributed by atoms with E-state index in [1.165, 1.54) is 11.8 Å². The van der Waals surface area contributed by atoms with Crippen molar-refractivity contribution < 1.29 is 34.2 Å². The molecule has 0 saturated heterocycles. The number of hydrogen-bond acceptors (Lipinski definition) is 7. The number of rotatable bonds is 15. The Hall–Kier alpha value is -2.34. The molecule has 0 bridgehead atoms. The molecule has 4 atom stereocenters. The molecule has 11 nitrogen and oxygen atoms in total. The van der Waals surface area contributed by atoms with Crippen molar-refractivity contribution in [1.29, 1.82) is 0 Å². The number of amides is 3. The van der Waals surface area contributed by atoms with Gasteiger partial charge in [-0.15, -0.1) is 0 Å². The van der Waals surface area contributed by atoms with E-state index in [1.54, 1.807) is 13.2 Å². The van der Waals surface area contributed by atoms with Gasteiger partial charge in [0.25, 0.3) is 0 Å². The molecular formula is C18H32N4O7S. The Labute approximate surface area is 179 Å². The molecule has 0 radical (unpaired) electrons. The Kier molecular flexibility index (Phi) is 13.5. The Morgan fingerprint density at radius 3 is 2.13 bits per heavy atom. The van der Waals surface area contributed by atoms with Crippen LogP contribution in [0.1, 0.15) is 39.5 Å². The molecule has 0 aliphatic rings. The van der Waals surface area contributed by atoms with Gasteiger partial charge in [0.05, 0.1) is 12.6 Å². The van der Waals surface area contributed by atoms with Gasteiger partial charge in [-0.25, -0.2) is 4.79 Å². The van der Waals surface area contributed by atoms with Crippen molar-refractivity contribution in [2.24, 2.45) is 11.7 Å². The highest BCUT2D eigenvalue weighted by molar-refractivity contribution is 7.98. The largest absolute Gasteiger partial charge is 0.481 e. The average molecular weight is 449 g/mol. The number of carbonyl (C=O) groups excluding carboxylic acids is 3. The van der Waals surface area contributed by atoms with Crippen LogP contribution < -0.4 is 21.7 Å². The summed E-state index contributed by atoms with van der Waals surface area (Å²) in [6.07, 6.45) is 2.00. The van der Waals surface area contributed by atoms with Gasteiger partial charge < -0.3 is 31.9 Å². The topological polar surface area (TPSA) is 188 Å². The first kappa shape index (κ1) is 27.7. The van der Waals surface area contributed by atoms with E-state index in [0.717, 1.165) is 0 Å². The van der Waals surface area contributed by atoms with Crippen LogP contribution in [0.3, 0.4) is 0 Å². The third-order valence-electron chi connectivity index (χ3n) is 4.51. The predicted molar refractivity (Wildman–Crippen MR) is 112 cm³/mol. The zero-order valence-electron chi connectivity index (χ0n) is 17.5. The first-order valence-corrected chi connectivity index (χ1v) is 11.0. The second kappa shape index (κ2) is 14.6. The van der Waals surface area contributed by atoms with Gasteiger partial charge in [0.1, 0.15) is 12.1 Å². The number of aliphatic carboxylic acids is 2. The zero-order valence-corrected chi connectivity index (χ0v) is 18.3. The maximum absolute atomic E-state index is 12.4. The van der Waals surface area contributed by atoms with Crippen LogP contribution >= 0.6 is 11.8 Å². The summed E-state index contributed by atoms with van der Waals surface area (Å²) in [5.41, 5.74) is 5.78. The van der Waals surface area contributed by atoms with Gasteiger partial charge in [-0.1, -0.05) is 20.3 Å². The van der Waals surface area contributed by atoms with Gasteiger partial charge in [0, 0.05) is 6.42 Å². The Balaban J connectivity index is 4.96. The normalized spacial score (nSPS) is 14.7. The van der Waals surface area contributed by atoms with Crippen LogP contribution in [0.15, 0.2) is 0 Å². The van der Waals surface area contributed by atoms with Crippen LogP contribution in [0.4, 0.5) is 0 Å². The fourth-order valence-corrected chi connectivity index (χ4v) is 2.82. The van der Waals surface area contributed by atoms with Crippen molar-refractivity contribution in [3.63, 3.8) is 0 Å². The maximum atomic E-state index is 12.4. The molecule has 0 aromatic carbocycles. The standard InChI is InChI=1S/C18H32N4O7S/c1-4-10(2)15(19)17(27)20-9-13(23)21-11(5-6-14(24)25)16(26)22-12(18(28)29)7-8-30-3/h10-12,15H,4-9,19H2,1-3H3,(H,20,27)(H,21,23)(H,22,26)(H,24,25)(H,28,29). The Morgan fingerprint density at radius 2 is 1.63 bits per heavy atom. The summed E-state index contributed by atoms with van der Waals surface area (Å²) in [6.45, 7) is 3.22. The van der Waals surface area contributed by atoms with Crippen LogP contribution in [0.5, 0.6) is 0 Å². The van der Waals surface area contributed by atoms with E-state index < -0.39 is 60.8 Å². The second-order valence-electron chi connectivity index (χ2n) is 6.86. The molecule has 0 saturated carbocycles. The summed E-state index contributed by atoms with van der Waals surface area (Å²) >= 11 is 1.41. The monoisotopic (exact) mass is 448 g/mol. The molecule has 0 aliphatic heterocycles. The number of nitrogens with one attached hydrogen (secondary N) is 3. The molecule has 0 spiro atoms. The Bertz CT molecular complexity index is 617. The highest BCUT2D eigenvalue weighted by atomic mass is 32.2. The SMILES string of the molecule is CCC(C)C(N)C(=O)NCC(=O)NC(CCC(=O)O)C(=O)NC(CCSC)C(=O)O. The third-order valence-corrected chi connectivity index (χ3v) is 5.15. The number of carboxylic acid groups (broad SMARTS) is 2. The molecule has 30 heavy (non-hydrogen) atoms. The molecular weight excluding hydrogens is 416 g/mol. The molecule has 0 rings (SSSR count). The average Bonchev–Trinajstić information content (AvgIpc) is 2.70. The smallest absolute Gasteiger partial charge is 0.326 e. The maximum Gasteiger partial charge on any atom is 0.326 e. The number of nitrogens with two attached hydrogens (primary N) is 1. The van der Waals surface area contributed by atoms with E-state index in [1.807, 2.05) is 6.92 Å². The van der Waals surface area contributed by atoms with Gasteiger partial charge in [0.15, 0.2) is 0 Å². The first-order chi connectivity index (χ1) is 14.0. The van der Waals surface area contributed by atoms with E-state index >= 15 is 0 Å². The van der Waals surface area contributed by atoms with E-state index in [0.29, 0.717) is 12.2 Å². The molecule has 0 aromatic heterocycles. The highest BCUT2D eigenvalue weighted by Crippen LogP contribution is 2.06. The van der Waals surface area contributed by atoms with Gasteiger partial charge in [-0.3, -0.25) is 19.2 Å². The van der Waals surface area contributed by atoms with Gasteiger partial charge >= 0.3 is 11.9 Å². The summed E-state index contributed by atoms with van der Waals surface area (Å²) in [6, 6.07) is -3.21. The molecule has 172 valence electrons. The molecule has 12 heteroatoms. The summed E-state index contributed by atoms with van der Waals surface area (Å²) in [4.78, 5) is 58.7. The van der Waals surface area contributed by atoms with Gasteiger partial charge in [0.2, 0.25) is 17.7 Å². The minimum Gasteiger partial charge on any atom is -0.481 e. The predicted octanol–water partition coefficient (Wildman–Crippen LogP) is -0.852. The highest BCUT2D eigenvalue weighted by Gasteiger charge is 2.27. The summed E-state index contributed by atoms with van der Waals surface area (Å²) in [5, 5.41) is 25.1. The number of carbonyl (C=O) groups is 5. The molecule has 0 heterocycles. The zero-order chi connectivity index (χ0) is 23.3. The third kappa shape index (κ3) is 11.0. The number of hydrogen-bond donors (Lipinski definition) is 6. The second-order valence-corrected chi connectivity index (χ2v) is 7.85. The lowest BCUT2D eigenvalue weighted by Gasteiger charge is -2.22. The summed E-state index contributed by atoms with van der Waals surface area (Å²) < 4.78 is 0. The van der Waals surface area contributed by atoms with E-state index in [9.17, 15) is 29.1 Å². The van der Waals surface area contributed by atoms with Crippen molar-refractivity contribution in [2.75, 3.05) is 18.6 Å². The van der Waals surface area contributed by atoms with Crippen molar-refractivity contribution in [3.05, 3.63) is 0 Å². The Morgan fingerprint density at radius 1 is 1.00 bits per heavy atom. The van der Waals surface area contributed by atoms with E-state index in [-0.39, 0.29) is 18.8 Å². The van der Waals surface area contributed by atoms with Crippen molar-refractivity contribution in [2.45, 2.75) is 57.7 Å². The van der Waals surface area contributed by atoms with Crippen molar-refractivity contribution in [1.82, 2.24) is 16.0 Å². The van der Waals surface area contributed by atoms with E-state index in [2.05, 4.69) is 16.0 Å². The number of carboxylic acids is 2. The summed E-state index contributed by atoms with van der Waals surface area (Å²) in [7, 11) is 0. The molecule has 7 N–H and O–H groups in total. The van der Waals surface area contributed by atoms with Crippen LogP contribution in [-0.2, 0) is 24.0 Å². The molecule has 0 aliphatic carbocycles. The van der Waals surface area contributed by atoms with Gasteiger partial charge in [-0.05, 0) is 30.8 Å². The molecule has 0 fully saturated rings. The molecule has 0 aromatic rings. The van der Waals surface area contributed by atoms with E-state index in [4.69, 9.17) is 10.8 Å². The first-order valence-electron chi connectivity index (χ1n) is 9.59. The van der Waals surface area contributed by atoms with Crippen LogP contribution in [0.2, 0.25) is 0 Å². The van der Waals surface area contributed by atoms with Crippen molar-refractivity contribution >= 4 is 41.4 Å². The summed E-state index contributed by atoms with van der Waals surface area (Å²) in [5.74, 6) is -4.04. The lowest BCUT2D eigenvalue weighted by molar-refractivity contribution is -0.143. The fourth-order valence-electron chi connectivity index (χ4n) is 2.34.